The largest absolute Gasteiger partial charge is 0.314 e. The molecule has 0 saturated carbocycles. The monoisotopic (exact) mass is 253 g/mol. The van der Waals surface area contributed by atoms with Crippen molar-refractivity contribution in [2.45, 2.75) is 39.8 Å². The molecule has 0 radical (unpaired) electrons. The second kappa shape index (κ2) is 5.94. The van der Waals surface area contributed by atoms with Crippen LogP contribution in [0, 0.1) is 12.8 Å². The molecule has 0 spiro atoms. The summed E-state index contributed by atoms with van der Waals surface area (Å²) >= 11 is 1.79. The van der Waals surface area contributed by atoms with Crippen molar-refractivity contribution in [3.63, 3.8) is 0 Å². The molecule has 1 aromatic rings. The van der Waals surface area contributed by atoms with Crippen molar-refractivity contribution >= 4 is 11.3 Å². The van der Waals surface area contributed by atoms with Gasteiger partial charge in [-0.1, -0.05) is 13.8 Å². The first-order valence-electron chi connectivity index (χ1n) is 6.51. The number of piperazine rings is 1. The predicted molar refractivity (Wildman–Crippen MR) is 73.4 cm³/mol. The molecular weight excluding hydrogens is 230 g/mol. The lowest BCUT2D eigenvalue weighted by Gasteiger charge is -2.36. The molecule has 96 valence electrons. The van der Waals surface area contributed by atoms with Gasteiger partial charge in [-0.25, -0.2) is 4.98 Å². The number of aryl methyl sites for hydroxylation is 1. The molecule has 2 heterocycles. The van der Waals surface area contributed by atoms with E-state index in [-0.39, 0.29) is 0 Å². The maximum Gasteiger partial charge on any atom is 0.107 e. The maximum absolute atomic E-state index is 4.57. The van der Waals surface area contributed by atoms with Crippen LogP contribution in [0.3, 0.4) is 0 Å². The van der Waals surface area contributed by atoms with E-state index in [0.29, 0.717) is 6.04 Å². The zero-order chi connectivity index (χ0) is 12.3. The van der Waals surface area contributed by atoms with Gasteiger partial charge in [-0.05, 0) is 19.3 Å². The average Bonchev–Trinajstić information content (AvgIpc) is 2.66. The third kappa shape index (κ3) is 3.76. The van der Waals surface area contributed by atoms with Crippen molar-refractivity contribution in [1.82, 2.24) is 15.2 Å². The zero-order valence-corrected chi connectivity index (χ0v) is 11.9. The SMILES string of the molecule is Cc1csc(CN2CCNCC2CC(C)C)n1. The van der Waals surface area contributed by atoms with Crippen LogP contribution in [0.5, 0.6) is 0 Å². The third-order valence-electron chi connectivity index (χ3n) is 3.22. The van der Waals surface area contributed by atoms with Crippen LogP contribution in [-0.2, 0) is 6.54 Å². The Hall–Kier alpha value is -0.450. The Balaban J connectivity index is 1.96. The minimum atomic E-state index is 0.674. The van der Waals surface area contributed by atoms with Crippen molar-refractivity contribution in [3.8, 4) is 0 Å². The van der Waals surface area contributed by atoms with Gasteiger partial charge in [0.25, 0.3) is 0 Å². The normalized spacial score (nSPS) is 22.2. The van der Waals surface area contributed by atoms with Gasteiger partial charge in [0.2, 0.25) is 0 Å². The van der Waals surface area contributed by atoms with E-state index in [1.165, 1.54) is 11.4 Å². The van der Waals surface area contributed by atoms with Crippen molar-refractivity contribution in [2.24, 2.45) is 5.92 Å². The molecule has 4 heteroatoms. The van der Waals surface area contributed by atoms with E-state index in [0.717, 1.165) is 37.8 Å². The van der Waals surface area contributed by atoms with Crippen LogP contribution < -0.4 is 5.32 Å². The number of nitrogens with zero attached hydrogens (tertiary/aromatic N) is 2. The first-order chi connectivity index (χ1) is 8.15. The highest BCUT2D eigenvalue weighted by Crippen LogP contribution is 2.18. The first-order valence-corrected chi connectivity index (χ1v) is 7.39. The van der Waals surface area contributed by atoms with Gasteiger partial charge >= 0.3 is 0 Å². The van der Waals surface area contributed by atoms with Crippen LogP contribution in [0.25, 0.3) is 0 Å². The van der Waals surface area contributed by atoms with Gasteiger partial charge in [-0.2, -0.15) is 0 Å². The summed E-state index contributed by atoms with van der Waals surface area (Å²) < 4.78 is 0. The lowest BCUT2D eigenvalue weighted by molar-refractivity contribution is 0.134. The van der Waals surface area contributed by atoms with E-state index in [9.17, 15) is 0 Å². The molecule has 0 bridgehead atoms. The highest BCUT2D eigenvalue weighted by atomic mass is 32.1. The Bertz CT molecular complexity index is 348. The lowest BCUT2D eigenvalue weighted by Crippen LogP contribution is -2.51. The standard InChI is InChI=1S/C13H23N3S/c1-10(2)6-12-7-14-4-5-16(12)8-13-15-11(3)9-17-13/h9-10,12,14H,4-8H2,1-3H3. The second-order valence-electron chi connectivity index (χ2n) is 5.34. The van der Waals surface area contributed by atoms with Crippen LogP contribution in [0.15, 0.2) is 5.38 Å². The highest BCUT2D eigenvalue weighted by molar-refractivity contribution is 7.09. The van der Waals surface area contributed by atoms with Crippen LogP contribution in [0.2, 0.25) is 0 Å². The summed E-state index contributed by atoms with van der Waals surface area (Å²) in [4.78, 5) is 7.17. The van der Waals surface area contributed by atoms with E-state index in [1.807, 2.05) is 0 Å². The molecule has 1 fully saturated rings. The van der Waals surface area contributed by atoms with E-state index < -0.39 is 0 Å². The van der Waals surface area contributed by atoms with Gasteiger partial charge in [0.15, 0.2) is 0 Å². The zero-order valence-electron chi connectivity index (χ0n) is 11.1. The molecule has 0 aromatic carbocycles. The Labute approximate surface area is 108 Å². The summed E-state index contributed by atoms with van der Waals surface area (Å²) in [5.41, 5.74) is 1.15. The summed E-state index contributed by atoms with van der Waals surface area (Å²) in [6, 6.07) is 0.674. The average molecular weight is 253 g/mol. The molecule has 2 rings (SSSR count). The lowest BCUT2D eigenvalue weighted by atomic mass is 10.0. The van der Waals surface area contributed by atoms with Gasteiger partial charge in [0, 0.05) is 36.8 Å². The third-order valence-corrected chi connectivity index (χ3v) is 4.17. The molecule has 0 amide bonds. The first kappa shape index (κ1) is 13.0. The second-order valence-corrected chi connectivity index (χ2v) is 6.28. The number of thiazole rings is 1. The van der Waals surface area contributed by atoms with E-state index >= 15 is 0 Å². The van der Waals surface area contributed by atoms with E-state index in [2.05, 4.69) is 41.4 Å². The van der Waals surface area contributed by atoms with Crippen LogP contribution in [0.4, 0.5) is 0 Å². The fraction of sp³-hybridized carbons (Fsp3) is 0.769. The molecule has 1 saturated heterocycles. The van der Waals surface area contributed by atoms with Gasteiger partial charge in [0.05, 0.1) is 6.54 Å². The van der Waals surface area contributed by atoms with Crippen LogP contribution in [0.1, 0.15) is 31.0 Å². The number of hydrogen-bond acceptors (Lipinski definition) is 4. The van der Waals surface area contributed by atoms with Gasteiger partial charge in [0.1, 0.15) is 5.01 Å². The van der Waals surface area contributed by atoms with Crippen molar-refractivity contribution in [2.75, 3.05) is 19.6 Å². The summed E-state index contributed by atoms with van der Waals surface area (Å²) in [5, 5.41) is 6.91. The summed E-state index contributed by atoms with van der Waals surface area (Å²) in [7, 11) is 0. The fourth-order valence-corrected chi connectivity index (χ4v) is 3.23. The number of hydrogen-bond donors (Lipinski definition) is 1. The Morgan fingerprint density at radius 3 is 3.06 bits per heavy atom. The number of aromatic nitrogens is 1. The highest BCUT2D eigenvalue weighted by Gasteiger charge is 2.23. The van der Waals surface area contributed by atoms with Crippen molar-refractivity contribution < 1.29 is 0 Å². The minimum absolute atomic E-state index is 0.674. The van der Waals surface area contributed by atoms with Gasteiger partial charge in [-0.3, -0.25) is 4.90 Å². The van der Waals surface area contributed by atoms with Crippen molar-refractivity contribution in [3.05, 3.63) is 16.1 Å². The number of nitrogens with one attached hydrogen (secondary N) is 1. The molecular formula is C13H23N3S. The molecule has 1 N–H and O–H groups in total. The maximum atomic E-state index is 4.57. The summed E-state index contributed by atoms with van der Waals surface area (Å²) in [5.74, 6) is 0.764. The van der Waals surface area contributed by atoms with Gasteiger partial charge < -0.3 is 5.32 Å². The summed E-state index contributed by atoms with van der Waals surface area (Å²) in [6.07, 6.45) is 1.28. The molecule has 3 nitrogen and oxygen atoms in total. The Morgan fingerprint density at radius 2 is 2.41 bits per heavy atom. The smallest absolute Gasteiger partial charge is 0.107 e. The van der Waals surface area contributed by atoms with E-state index in [1.54, 1.807) is 11.3 Å². The van der Waals surface area contributed by atoms with Gasteiger partial charge in [-0.15, -0.1) is 11.3 Å². The molecule has 0 aliphatic carbocycles. The molecule has 1 aromatic heterocycles. The topological polar surface area (TPSA) is 28.2 Å². The molecule has 1 aliphatic rings. The molecule has 1 unspecified atom stereocenters. The summed E-state index contributed by atoms with van der Waals surface area (Å²) in [6.45, 7) is 11.1. The minimum Gasteiger partial charge on any atom is -0.314 e. The number of rotatable bonds is 4. The molecule has 17 heavy (non-hydrogen) atoms. The van der Waals surface area contributed by atoms with Crippen molar-refractivity contribution in [1.29, 1.82) is 0 Å². The fourth-order valence-electron chi connectivity index (χ4n) is 2.44. The Kier molecular flexibility index (Phi) is 4.54. The quantitative estimate of drug-likeness (QED) is 0.892. The Morgan fingerprint density at radius 1 is 1.59 bits per heavy atom. The molecule has 1 atom stereocenters. The van der Waals surface area contributed by atoms with E-state index in [4.69, 9.17) is 0 Å². The predicted octanol–water partition coefficient (Wildman–Crippen LogP) is 2.27. The molecule has 1 aliphatic heterocycles. The van der Waals surface area contributed by atoms with Crippen LogP contribution in [-0.4, -0.2) is 35.6 Å². The van der Waals surface area contributed by atoms with Crippen LogP contribution >= 0.6 is 11.3 Å².